The van der Waals surface area contributed by atoms with Gasteiger partial charge in [0.25, 0.3) is 0 Å². The Bertz CT molecular complexity index is 778. The summed E-state index contributed by atoms with van der Waals surface area (Å²) < 4.78 is 45.5. The van der Waals surface area contributed by atoms with Gasteiger partial charge in [-0.05, 0) is 35.9 Å². The van der Waals surface area contributed by atoms with Crippen molar-refractivity contribution in [3.63, 3.8) is 0 Å². The van der Waals surface area contributed by atoms with Crippen LogP contribution in [0, 0.1) is 0 Å². The maximum Gasteiger partial charge on any atom is 0.433 e. The highest BCUT2D eigenvalue weighted by atomic mass is 35.5. The number of alkyl halides is 3. The van der Waals surface area contributed by atoms with Gasteiger partial charge in [-0.25, -0.2) is 0 Å². The molecule has 2 aromatic heterocycles. The molecule has 0 atom stereocenters. The zero-order valence-corrected chi connectivity index (χ0v) is 11.9. The van der Waals surface area contributed by atoms with Crippen molar-refractivity contribution < 1.29 is 17.6 Å². The van der Waals surface area contributed by atoms with Gasteiger partial charge in [-0.3, -0.25) is 4.68 Å². The molecule has 0 fully saturated rings. The molecular weight excluding hydrogens is 317 g/mol. The normalized spacial score (nSPS) is 11.8. The highest BCUT2D eigenvalue weighted by Gasteiger charge is 2.36. The number of halogens is 4. The Balaban J connectivity index is 2.02. The summed E-state index contributed by atoms with van der Waals surface area (Å²) in [4.78, 5) is 0. The fraction of sp³-hybridized carbons (Fsp3) is 0.133. The monoisotopic (exact) mass is 326 g/mol. The SMILES string of the molecule is FC(F)(F)c1cc(-c2ccco2)nn1Cc1cccc(Cl)c1. The lowest BCUT2D eigenvalue weighted by atomic mass is 10.2. The van der Waals surface area contributed by atoms with Crippen LogP contribution in [0.25, 0.3) is 11.5 Å². The van der Waals surface area contributed by atoms with Gasteiger partial charge in [0.05, 0.1) is 12.8 Å². The minimum absolute atomic E-state index is 0.0316. The Hall–Kier alpha value is -2.21. The highest BCUT2D eigenvalue weighted by Crippen LogP contribution is 2.33. The Labute approximate surface area is 128 Å². The molecule has 3 aromatic rings. The third-order valence-corrected chi connectivity index (χ3v) is 3.30. The van der Waals surface area contributed by atoms with Crippen molar-refractivity contribution in [3.8, 4) is 11.5 Å². The molecule has 3 nitrogen and oxygen atoms in total. The van der Waals surface area contributed by atoms with Gasteiger partial charge >= 0.3 is 6.18 Å². The third kappa shape index (κ3) is 3.01. The molecule has 7 heteroatoms. The van der Waals surface area contributed by atoms with Crippen LogP contribution in [0.4, 0.5) is 13.2 Å². The van der Waals surface area contributed by atoms with E-state index in [4.69, 9.17) is 16.0 Å². The van der Waals surface area contributed by atoms with E-state index < -0.39 is 11.9 Å². The Morgan fingerprint density at radius 1 is 1.14 bits per heavy atom. The van der Waals surface area contributed by atoms with Gasteiger partial charge in [-0.15, -0.1) is 0 Å². The molecule has 0 aliphatic rings. The van der Waals surface area contributed by atoms with E-state index in [2.05, 4.69) is 5.10 Å². The van der Waals surface area contributed by atoms with Crippen LogP contribution in [0.1, 0.15) is 11.3 Å². The first kappa shape index (κ1) is 14.7. The van der Waals surface area contributed by atoms with Crippen molar-refractivity contribution in [1.82, 2.24) is 9.78 Å². The van der Waals surface area contributed by atoms with Crippen LogP contribution in [0.2, 0.25) is 5.02 Å². The second-order valence-corrected chi connectivity index (χ2v) is 5.11. The first-order valence-corrected chi connectivity index (χ1v) is 6.74. The summed E-state index contributed by atoms with van der Waals surface area (Å²) >= 11 is 5.86. The van der Waals surface area contributed by atoms with Crippen molar-refractivity contribution in [3.05, 3.63) is 65.0 Å². The fourth-order valence-corrected chi connectivity index (χ4v) is 2.33. The van der Waals surface area contributed by atoms with E-state index in [-0.39, 0.29) is 18.0 Å². The molecule has 0 saturated carbocycles. The summed E-state index contributed by atoms with van der Waals surface area (Å²) in [5, 5.41) is 4.47. The van der Waals surface area contributed by atoms with Gasteiger partial charge in [0.2, 0.25) is 0 Å². The first-order chi connectivity index (χ1) is 10.4. The molecule has 0 N–H and O–H groups in total. The average molecular weight is 327 g/mol. The van der Waals surface area contributed by atoms with Crippen LogP contribution in [0.15, 0.2) is 53.1 Å². The van der Waals surface area contributed by atoms with Crippen LogP contribution in [-0.4, -0.2) is 9.78 Å². The van der Waals surface area contributed by atoms with Crippen LogP contribution in [0.3, 0.4) is 0 Å². The van der Waals surface area contributed by atoms with E-state index >= 15 is 0 Å². The van der Waals surface area contributed by atoms with Gasteiger partial charge in [-0.2, -0.15) is 18.3 Å². The molecule has 114 valence electrons. The highest BCUT2D eigenvalue weighted by molar-refractivity contribution is 6.30. The Morgan fingerprint density at radius 2 is 1.95 bits per heavy atom. The van der Waals surface area contributed by atoms with Crippen LogP contribution >= 0.6 is 11.6 Å². The molecule has 3 rings (SSSR count). The second kappa shape index (κ2) is 5.53. The molecule has 0 spiro atoms. The van der Waals surface area contributed by atoms with Gasteiger partial charge in [0, 0.05) is 5.02 Å². The Kier molecular flexibility index (Phi) is 3.70. The quantitative estimate of drug-likeness (QED) is 0.688. The molecule has 0 bridgehead atoms. The van der Waals surface area contributed by atoms with Crippen LogP contribution in [-0.2, 0) is 12.7 Å². The molecule has 1 aromatic carbocycles. The van der Waals surface area contributed by atoms with E-state index in [1.54, 1.807) is 36.4 Å². The molecule has 0 saturated heterocycles. The van der Waals surface area contributed by atoms with Crippen LogP contribution in [0.5, 0.6) is 0 Å². The van der Waals surface area contributed by atoms with Crippen molar-refractivity contribution in [2.24, 2.45) is 0 Å². The molecule has 2 heterocycles. The minimum atomic E-state index is -4.50. The summed E-state index contributed by atoms with van der Waals surface area (Å²) in [6.07, 6.45) is -3.12. The number of hydrogen-bond donors (Lipinski definition) is 0. The molecule has 0 aliphatic carbocycles. The van der Waals surface area contributed by atoms with E-state index in [1.165, 1.54) is 6.26 Å². The maximum absolute atomic E-state index is 13.2. The molecule has 0 unspecified atom stereocenters. The molecule has 0 amide bonds. The Morgan fingerprint density at radius 3 is 2.59 bits per heavy atom. The molecule has 22 heavy (non-hydrogen) atoms. The van der Waals surface area contributed by atoms with Gasteiger partial charge in [0.1, 0.15) is 11.4 Å². The number of rotatable bonds is 3. The van der Waals surface area contributed by atoms with Gasteiger partial charge < -0.3 is 4.42 Å². The zero-order chi connectivity index (χ0) is 15.7. The number of nitrogens with zero attached hydrogens (tertiary/aromatic N) is 2. The lowest BCUT2D eigenvalue weighted by Gasteiger charge is -2.10. The number of aromatic nitrogens is 2. The summed E-state index contributed by atoms with van der Waals surface area (Å²) in [6, 6.07) is 10.8. The molecular formula is C15H10ClF3N2O. The lowest BCUT2D eigenvalue weighted by Crippen LogP contribution is -2.15. The smallest absolute Gasteiger partial charge is 0.433 e. The van der Waals surface area contributed by atoms with E-state index in [1.807, 2.05) is 0 Å². The topological polar surface area (TPSA) is 31.0 Å². The summed E-state index contributed by atoms with van der Waals surface area (Å²) in [5.74, 6) is 0.287. The fourth-order valence-electron chi connectivity index (χ4n) is 2.12. The predicted octanol–water partition coefficient (Wildman–Crippen LogP) is 4.86. The average Bonchev–Trinajstić information content (AvgIpc) is 3.06. The lowest BCUT2D eigenvalue weighted by molar-refractivity contribution is -0.144. The van der Waals surface area contributed by atoms with E-state index in [0.29, 0.717) is 10.6 Å². The van der Waals surface area contributed by atoms with Crippen LogP contribution < -0.4 is 0 Å². The van der Waals surface area contributed by atoms with Crippen molar-refractivity contribution in [1.29, 1.82) is 0 Å². The van der Waals surface area contributed by atoms with Gasteiger partial charge in [-0.1, -0.05) is 23.7 Å². The first-order valence-electron chi connectivity index (χ1n) is 6.37. The predicted molar refractivity (Wildman–Crippen MR) is 75.5 cm³/mol. The zero-order valence-electron chi connectivity index (χ0n) is 11.1. The number of benzene rings is 1. The maximum atomic E-state index is 13.2. The number of furan rings is 1. The third-order valence-electron chi connectivity index (χ3n) is 3.07. The summed E-state index contributed by atoms with van der Waals surface area (Å²) in [6.45, 7) is -0.0316. The van der Waals surface area contributed by atoms with E-state index in [0.717, 1.165) is 10.7 Å². The number of hydrogen-bond acceptors (Lipinski definition) is 2. The largest absolute Gasteiger partial charge is 0.463 e. The van der Waals surface area contributed by atoms with Crippen molar-refractivity contribution in [2.75, 3.05) is 0 Å². The standard InChI is InChI=1S/C15H10ClF3N2O/c16-11-4-1-3-10(7-11)9-21-14(15(17,18)19)8-12(20-21)13-5-2-6-22-13/h1-8H,9H2. The summed E-state index contributed by atoms with van der Waals surface area (Å²) in [5.41, 5.74) is -0.0645. The van der Waals surface area contributed by atoms with Gasteiger partial charge in [0.15, 0.2) is 5.76 Å². The van der Waals surface area contributed by atoms with Crippen molar-refractivity contribution >= 4 is 11.6 Å². The summed E-state index contributed by atoms with van der Waals surface area (Å²) in [7, 11) is 0. The molecule has 0 aliphatic heterocycles. The molecule has 0 radical (unpaired) electrons. The van der Waals surface area contributed by atoms with Crippen molar-refractivity contribution in [2.45, 2.75) is 12.7 Å². The minimum Gasteiger partial charge on any atom is -0.463 e. The second-order valence-electron chi connectivity index (χ2n) is 4.68. The van der Waals surface area contributed by atoms with E-state index in [9.17, 15) is 13.2 Å².